The van der Waals surface area contributed by atoms with Gasteiger partial charge >= 0.3 is 5.97 Å². The van der Waals surface area contributed by atoms with E-state index >= 15 is 0 Å². The van der Waals surface area contributed by atoms with E-state index in [0.29, 0.717) is 25.4 Å². The van der Waals surface area contributed by atoms with E-state index in [0.717, 1.165) is 32.1 Å². The van der Waals surface area contributed by atoms with Gasteiger partial charge in [0.15, 0.2) is 5.60 Å². The molecular weight excluding hydrogens is 204 g/mol. The highest BCUT2D eigenvalue weighted by atomic mass is 16.5. The SMILES string of the molecule is CCCCCOC1(C(=O)O)CCCC(C)C1. The highest BCUT2D eigenvalue weighted by Crippen LogP contribution is 2.35. The molecule has 0 aromatic heterocycles. The van der Waals surface area contributed by atoms with Crippen LogP contribution in [-0.4, -0.2) is 23.3 Å². The topological polar surface area (TPSA) is 46.5 Å². The lowest BCUT2D eigenvalue weighted by atomic mass is 9.79. The van der Waals surface area contributed by atoms with Gasteiger partial charge in [0.25, 0.3) is 0 Å². The lowest BCUT2D eigenvalue weighted by molar-refractivity contribution is -0.173. The van der Waals surface area contributed by atoms with Gasteiger partial charge in [0.1, 0.15) is 0 Å². The minimum Gasteiger partial charge on any atom is -0.479 e. The molecule has 0 bridgehead atoms. The third kappa shape index (κ3) is 3.48. The summed E-state index contributed by atoms with van der Waals surface area (Å²) in [4.78, 5) is 11.4. The zero-order valence-electron chi connectivity index (χ0n) is 10.5. The zero-order chi connectivity index (χ0) is 12.0. The normalized spacial score (nSPS) is 30.2. The van der Waals surface area contributed by atoms with Crippen LogP contribution in [0.4, 0.5) is 0 Å². The fraction of sp³-hybridized carbons (Fsp3) is 0.923. The van der Waals surface area contributed by atoms with Crippen LogP contribution in [0.3, 0.4) is 0 Å². The van der Waals surface area contributed by atoms with Crippen LogP contribution in [0.1, 0.15) is 58.8 Å². The van der Waals surface area contributed by atoms with Gasteiger partial charge in [-0.05, 0) is 31.6 Å². The largest absolute Gasteiger partial charge is 0.479 e. The second-order valence-electron chi connectivity index (χ2n) is 5.06. The lowest BCUT2D eigenvalue weighted by Gasteiger charge is -2.36. The Hall–Kier alpha value is -0.570. The molecule has 0 radical (unpaired) electrons. The molecule has 1 aliphatic carbocycles. The molecule has 0 heterocycles. The third-order valence-corrected chi connectivity index (χ3v) is 3.47. The number of hydrogen-bond acceptors (Lipinski definition) is 2. The highest BCUT2D eigenvalue weighted by Gasteiger charge is 2.42. The molecule has 1 saturated carbocycles. The second kappa shape index (κ2) is 6.24. The first-order chi connectivity index (χ1) is 7.60. The molecule has 0 aromatic rings. The van der Waals surface area contributed by atoms with E-state index in [1.54, 1.807) is 0 Å². The van der Waals surface area contributed by atoms with E-state index in [1.165, 1.54) is 0 Å². The molecule has 1 rings (SSSR count). The van der Waals surface area contributed by atoms with Crippen LogP contribution in [-0.2, 0) is 9.53 Å². The van der Waals surface area contributed by atoms with Gasteiger partial charge in [-0.3, -0.25) is 0 Å². The van der Waals surface area contributed by atoms with E-state index in [4.69, 9.17) is 4.74 Å². The van der Waals surface area contributed by atoms with Gasteiger partial charge in [-0.1, -0.05) is 33.1 Å². The number of aliphatic carboxylic acids is 1. The van der Waals surface area contributed by atoms with E-state index in [1.807, 2.05) is 0 Å². The number of carboxylic acid groups (broad SMARTS) is 1. The molecule has 2 unspecified atom stereocenters. The Bertz CT molecular complexity index is 227. The fourth-order valence-electron chi connectivity index (χ4n) is 2.51. The van der Waals surface area contributed by atoms with Crippen molar-refractivity contribution in [1.29, 1.82) is 0 Å². The smallest absolute Gasteiger partial charge is 0.335 e. The van der Waals surface area contributed by atoms with Crippen LogP contribution in [0, 0.1) is 5.92 Å². The average Bonchev–Trinajstić information content (AvgIpc) is 2.24. The van der Waals surface area contributed by atoms with Crippen LogP contribution < -0.4 is 0 Å². The highest BCUT2D eigenvalue weighted by molar-refractivity contribution is 5.77. The Morgan fingerprint density at radius 3 is 2.81 bits per heavy atom. The van der Waals surface area contributed by atoms with Crippen LogP contribution in [0.2, 0.25) is 0 Å². The van der Waals surface area contributed by atoms with Crippen molar-refractivity contribution in [3.8, 4) is 0 Å². The fourth-order valence-corrected chi connectivity index (χ4v) is 2.51. The molecule has 3 heteroatoms. The molecule has 0 saturated heterocycles. The summed E-state index contributed by atoms with van der Waals surface area (Å²) in [7, 11) is 0. The van der Waals surface area contributed by atoms with E-state index in [-0.39, 0.29) is 0 Å². The summed E-state index contributed by atoms with van der Waals surface area (Å²) in [6, 6.07) is 0. The van der Waals surface area contributed by atoms with E-state index in [9.17, 15) is 9.90 Å². The molecule has 0 aliphatic heterocycles. The maximum absolute atomic E-state index is 11.4. The van der Waals surface area contributed by atoms with E-state index in [2.05, 4.69) is 13.8 Å². The number of hydrogen-bond donors (Lipinski definition) is 1. The molecule has 0 spiro atoms. The standard InChI is InChI=1S/C13H24O3/c1-3-4-5-9-16-13(12(14)15)8-6-7-11(2)10-13/h11H,3-10H2,1-2H3,(H,14,15). The van der Waals surface area contributed by atoms with Gasteiger partial charge < -0.3 is 9.84 Å². The van der Waals surface area contributed by atoms with Crippen LogP contribution in [0.15, 0.2) is 0 Å². The summed E-state index contributed by atoms with van der Waals surface area (Å²) in [5.74, 6) is -0.299. The number of ether oxygens (including phenoxy) is 1. The second-order valence-corrected chi connectivity index (χ2v) is 5.06. The van der Waals surface area contributed by atoms with Gasteiger partial charge in [0.05, 0.1) is 0 Å². The Morgan fingerprint density at radius 1 is 1.50 bits per heavy atom. The molecule has 1 fully saturated rings. The number of carbonyl (C=O) groups is 1. The van der Waals surface area contributed by atoms with Gasteiger partial charge in [0, 0.05) is 6.61 Å². The first-order valence-corrected chi connectivity index (χ1v) is 6.48. The van der Waals surface area contributed by atoms with Crippen molar-refractivity contribution in [2.24, 2.45) is 5.92 Å². The maximum atomic E-state index is 11.4. The van der Waals surface area contributed by atoms with Gasteiger partial charge in [-0.2, -0.15) is 0 Å². The van der Waals surface area contributed by atoms with Gasteiger partial charge in [-0.25, -0.2) is 4.79 Å². The quantitative estimate of drug-likeness (QED) is 0.710. The number of unbranched alkanes of at least 4 members (excludes halogenated alkanes) is 2. The molecule has 3 nitrogen and oxygen atoms in total. The summed E-state index contributed by atoms with van der Waals surface area (Å²) in [6.45, 7) is 4.84. The molecular formula is C13H24O3. The van der Waals surface area contributed by atoms with Crippen molar-refractivity contribution in [1.82, 2.24) is 0 Å². The van der Waals surface area contributed by atoms with Crippen molar-refractivity contribution in [2.45, 2.75) is 64.4 Å². The number of carboxylic acids is 1. The predicted octanol–water partition coefficient (Wildman–Crippen LogP) is 3.23. The van der Waals surface area contributed by atoms with Gasteiger partial charge in [-0.15, -0.1) is 0 Å². The predicted molar refractivity (Wildman–Crippen MR) is 63.5 cm³/mol. The minimum absolute atomic E-state index is 0.469. The monoisotopic (exact) mass is 228 g/mol. The summed E-state index contributed by atoms with van der Waals surface area (Å²) >= 11 is 0. The van der Waals surface area contributed by atoms with Crippen molar-refractivity contribution in [3.63, 3.8) is 0 Å². The molecule has 1 aliphatic rings. The van der Waals surface area contributed by atoms with Crippen molar-refractivity contribution in [2.75, 3.05) is 6.61 Å². The molecule has 16 heavy (non-hydrogen) atoms. The summed E-state index contributed by atoms with van der Waals surface area (Å²) in [5, 5.41) is 9.34. The molecule has 0 aromatic carbocycles. The molecule has 2 atom stereocenters. The van der Waals surface area contributed by atoms with E-state index < -0.39 is 11.6 Å². The molecule has 0 amide bonds. The molecule has 1 N–H and O–H groups in total. The lowest BCUT2D eigenvalue weighted by Crippen LogP contribution is -2.45. The van der Waals surface area contributed by atoms with Crippen LogP contribution in [0.25, 0.3) is 0 Å². The Labute approximate surface area is 98.2 Å². The minimum atomic E-state index is -0.884. The van der Waals surface area contributed by atoms with Crippen molar-refractivity contribution >= 4 is 5.97 Å². The summed E-state index contributed by atoms with van der Waals surface area (Å²) in [5.41, 5.74) is -0.884. The average molecular weight is 228 g/mol. The third-order valence-electron chi connectivity index (χ3n) is 3.47. The zero-order valence-corrected chi connectivity index (χ0v) is 10.5. The Balaban J connectivity index is 2.48. The summed E-state index contributed by atoms with van der Waals surface area (Å²) < 4.78 is 5.70. The van der Waals surface area contributed by atoms with Gasteiger partial charge in [0.2, 0.25) is 0 Å². The maximum Gasteiger partial charge on any atom is 0.335 e. The first-order valence-electron chi connectivity index (χ1n) is 6.48. The van der Waals surface area contributed by atoms with Crippen molar-refractivity contribution in [3.05, 3.63) is 0 Å². The summed E-state index contributed by atoms with van der Waals surface area (Å²) in [6.07, 6.45) is 6.69. The number of rotatable bonds is 6. The van der Waals surface area contributed by atoms with Crippen molar-refractivity contribution < 1.29 is 14.6 Å². The van der Waals surface area contributed by atoms with Crippen LogP contribution in [0.5, 0.6) is 0 Å². The Morgan fingerprint density at radius 2 is 2.25 bits per heavy atom. The molecule has 94 valence electrons. The Kier molecular flexibility index (Phi) is 5.26. The first kappa shape index (κ1) is 13.5. The van der Waals surface area contributed by atoms with Crippen LogP contribution >= 0.6 is 0 Å².